The van der Waals surface area contributed by atoms with E-state index in [1.54, 1.807) is 19.1 Å². The van der Waals surface area contributed by atoms with Gasteiger partial charge in [0, 0.05) is 5.02 Å². The van der Waals surface area contributed by atoms with Gasteiger partial charge in [0.2, 0.25) is 0 Å². The maximum absolute atomic E-state index is 11.3. The first-order valence-electron chi connectivity index (χ1n) is 4.01. The number of halogens is 1. The Hall–Kier alpha value is -1.55. The van der Waals surface area contributed by atoms with Gasteiger partial charge in [-0.2, -0.15) is 0 Å². The average molecular weight is 211 g/mol. The molecule has 0 aliphatic rings. The molecule has 2 rings (SSSR count). The van der Waals surface area contributed by atoms with Crippen LogP contribution in [0.1, 0.15) is 5.56 Å². The van der Waals surface area contributed by atoms with Crippen molar-refractivity contribution in [3.63, 3.8) is 0 Å². The van der Waals surface area contributed by atoms with E-state index in [0.29, 0.717) is 21.5 Å². The second-order valence-electron chi connectivity index (χ2n) is 3.00. The van der Waals surface area contributed by atoms with E-state index in [9.17, 15) is 9.59 Å². The standard InChI is InChI=1S/C9H7ClN2O2/c1-4-6(10)3-2-5-7(4)11-9(14)12-8(5)13/h2-3H,1H3,(H2,11,12,13,14). The molecule has 0 saturated carbocycles. The zero-order valence-corrected chi connectivity index (χ0v) is 8.11. The van der Waals surface area contributed by atoms with E-state index < -0.39 is 11.2 Å². The Balaban J connectivity index is 3.10. The van der Waals surface area contributed by atoms with Crippen LogP contribution in [0.3, 0.4) is 0 Å². The number of H-pyrrole nitrogens is 2. The van der Waals surface area contributed by atoms with Crippen LogP contribution in [0.4, 0.5) is 0 Å². The van der Waals surface area contributed by atoms with Gasteiger partial charge < -0.3 is 4.98 Å². The Morgan fingerprint density at radius 2 is 1.93 bits per heavy atom. The lowest BCUT2D eigenvalue weighted by Gasteiger charge is -2.01. The molecule has 2 aromatic rings. The number of nitrogens with one attached hydrogen (secondary N) is 2. The van der Waals surface area contributed by atoms with E-state index in [0.717, 1.165) is 0 Å². The molecular weight excluding hydrogens is 204 g/mol. The lowest BCUT2D eigenvalue weighted by molar-refractivity contribution is 1.08. The van der Waals surface area contributed by atoms with Gasteiger partial charge in [0.1, 0.15) is 0 Å². The minimum Gasteiger partial charge on any atom is -0.307 e. The highest BCUT2D eigenvalue weighted by atomic mass is 35.5. The van der Waals surface area contributed by atoms with Gasteiger partial charge in [0.15, 0.2) is 0 Å². The quantitative estimate of drug-likeness (QED) is 0.686. The summed E-state index contributed by atoms with van der Waals surface area (Å²) in [5.41, 5.74) is 0.273. The highest BCUT2D eigenvalue weighted by molar-refractivity contribution is 6.32. The number of hydrogen-bond acceptors (Lipinski definition) is 2. The van der Waals surface area contributed by atoms with Crippen molar-refractivity contribution in [2.75, 3.05) is 0 Å². The smallest absolute Gasteiger partial charge is 0.307 e. The first-order chi connectivity index (χ1) is 6.59. The van der Waals surface area contributed by atoms with E-state index in [2.05, 4.69) is 9.97 Å². The van der Waals surface area contributed by atoms with E-state index in [1.165, 1.54) is 0 Å². The average Bonchev–Trinajstić information content (AvgIpc) is 2.12. The molecule has 0 unspecified atom stereocenters. The third-order valence-electron chi connectivity index (χ3n) is 2.11. The summed E-state index contributed by atoms with van der Waals surface area (Å²) in [6.45, 7) is 1.75. The Kier molecular flexibility index (Phi) is 1.93. The molecule has 0 spiro atoms. The Labute approximate surface area is 83.5 Å². The van der Waals surface area contributed by atoms with Crippen molar-refractivity contribution in [2.24, 2.45) is 0 Å². The van der Waals surface area contributed by atoms with Crippen molar-refractivity contribution in [3.8, 4) is 0 Å². The number of hydrogen-bond donors (Lipinski definition) is 2. The van der Waals surface area contributed by atoms with Crippen LogP contribution in [0.5, 0.6) is 0 Å². The summed E-state index contributed by atoms with van der Waals surface area (Å²) in [6.07, 6.45) is 0. The van der Waals surface area contributed by atoms with Crippen molar-refractivity contribution >= 4 is 22.5 Å². The molecule has 0 fully saturated rings. The molecule has 2 N–H and O–H groups in total. The molecule has 5 heteroatoms. The van der Waals surface area contributed by atoms with Gasteiger partial charge in [-0.1, -0.05) is 11.6 Å². The lowest BCUT2D eigenvalue weighted by Crippen LogP contribution is -2.22. The SMILES string of the molecule is Cc1c(Cl)ccc2c(=O)[nH]c(=O)[nH]c12. The van der Waals surface area contributed by atoms with Gasteiger partial charge in [-0.25, -0.2) is 4.79 Å². The highest BCUT2D eigenvalue weighted by Crippen LogP contribution is 2.20. The van der Waals surface area contributed by atoms with Gasteiger partial charge in [-0.05, 0) is 24.6 Å². The van der Waals surface area contributed by atoms with Crippen molar-refractivity contribution < 1.29 is 0 Å². The van der Waals surface area contributed by atoms with E-state index in [4.69, 9.17) is 11.6 Å². The van der Waals surface area contributed by atoms with Crippen LogP contribution in [0.2, 0.25) is 5.02 Å². The molecule has 0 radical (unpaired) electrons. The molecule has 0 saturated heterocycles. The molecule has 1 aromatic heterocycles. The Morgan fingerprint density at radius 3 is 2.64 bits per heavy atom. The van der Waals surface area contributed by atoms with Crippen LogP contribution >= 0.6 is 11.6 Å². The zero-order chi connectivity index (χ0) is 10.3. The van der Waals surface area contributed by atoms with Gasteiger partial charge in [-0.3, -0.25) is 9.78 Å². The van der Waals surface area contributed by atoms with E-state index in [-0.39, 0.29) is 0 Å². The van der Waals surface area contributed by atoms with Crippen molar-refractivity contribution in [3.05, 3.63) is 43.6 Å². The summed E-state index contributed by atoms with van der Waals surface area (Å²) in [6, 6.07) is 3.21. The summed E-state index contributed by atoms with van der Waals surface area (Å²) < 4.78 is 0. The van der Waals surface area contributed by atoms with Gasteiger partial charge >= 0.3 is 5.69 Å². The van der Waals surface area contributed by atoms with E-state index in [1.807, 2.05) is 0 Å². The molecule has 0 aliphatic carbocycles. The molecule has 0 amide bonds. The number of aryl methyl sites for hydroxylation is 1. The van der Waals surface area contributed by atoms with Crippen molar-refractivity contribution in [2.45, 2.75) is 6.92 Å². The van der Waals surface area contributed by atoms with Crippen LogP contribution in [-0.4, -0.2) is 9.97 Å². The minimum absolute atomic E-state index is 0.400. The fourth-order valence-corrected chi connectivity index (χ4v) is 1.51. The molecule has 4 nitrogen and oxygen atoms in total. The van der Waals surface area contributed by atoms with Crippen LogP contribution in [-0.2, 0) is 0 Å². The maximum Gasteiger partial charge on any atom is 0.326 e. The maximum atomic E-state index is 11.3. The highest BCUT2D eigenvalue weighted by Gasteiger charge is 2.05. The molecule has 0 bridgehead atoms. The second kappa shape index (κ2) is 2.99. The molecular formula is C9H7ClN2O2. The monoisotopic (exact) mass is 210 g/mol. The predicted octanol–water partition coefficient (Wildman–Crippen LogP) is 1.18. The lowest BCUT2D eigenvalue weighted by atomic mass is 10.1. The topological polar surface area (TPSA) is 65.7 Å². The number of rotatable bonds is 0. The summed E-state index contributed by atoms with van der Waals surface area (Å²) in [4.78, 5) is 27.1. The molecule has 0 atom stereocenters. The summed E-state index contributed by atoms with van der Waals surface area (Å²) in [5, 5.41) is 0.963. The summed E-state index contributed by atoms with van der Waals surface area (Å²) in [7, 11) is 0. The van der Waals surface area contributed by atoms with Gasteiger partial charge in [0.05, 0.1) is 10.9 Å². The van der Waals surface area contributed by atoms with Crippen LogP contribution in [0.25, 0.3) is 10.9 Å². The largest absolute Gasteiger partial charge is 0.326 e. The Bertz CT molecular complexity index is 612. The normalized spacial score (nSPS) is 10.7. The van der Waals surface area contributed by atoms with Gasteiger partial charge in [-0.15, -0.1) is 0 Å². The predicted molar refractivity (Wildman–Crippen MR) is 54.9 cm³/mol. The number of benzene rings is 1. The van der Waals surface area contributed by atoms with E-state index >= 15 is 0 Å². The Morgan fingerprint density at radius 1 is 1.21 bits per heavy atom. The first-order valence-corrected chi connectivity index (χ1v) is 4.39. The number of aromatic nitrogens is 2. The molecule has 0 aliphatic heterocycles. The van der Waals surface area contributed by atoms with Gasteiger partial charge in [0.25, 0.3) is 5.56 Å². The fraction of sp³-hybridized carbons (Fsp3) is 0.111. The van der Waals surface area contributed by atoms with Crippen LogP contribution < -0.4 is 11.2 Å². The summed E-state index contributed by atoms with van der Waals surface area (Å²) >= 11 is 5.86. The van der Waals surface area contributed by atoms with Crippen LogP contribution in [0, 0.1) is 6.92 Å². The first kappa shape index (κ1) is 9.02. The minimum atomic E-state index is -0.520. The molecule has 1 heterocycles. The number of fused-ring (bicyclic) bond motifs is 1. The molecule has 14 heavy (non-hydrogen) atoms. The van der Waals surface area contributed by atoms with Crippen molar-refractivity contribution in [1.82, 2.24) is 9.97 Å². The van der Waals surface area contributed by atoms with Crippen molar-refractivity contribution in [1.29, 1.82) is 0 Å². The fourth-order valence-electron chi connectivity index (χ4n) is 1.35. The zero-order valence-electron chi connectivity index (χ0n) is 7.35. The van der Waals surface area contributed by atoms with Crippen LogP contribution in [0.15, 0.2) is 21.7 Å². The summed E-state index contributed by atoms with van der Waals surface area (Å²) in [5.74, 6) is 0. The molecule has 72 valence electrons. The third kappa shape index (κ3) is 1.24. The second-order valence-corrected chi connectivity index (χ2v) is 3.41. The molecule has 1 aromatic carbocycles. The third-order valence-corrected chi connectivity index (χ3v) is 2.52. The number of aromatic amines is 2.